The minimum atomic E-state index is -0.469. The first kappa shape index (κ1) is 19.2. The van der Waals surface area contributed by atoms with Crippen LogP contribution in [0.2, 0.25) is 0 Å². The first-order chi connectivity index (χ1) is 12.0. The lowest BCUT2D eigenvalue weighted by molar-refractivity contribution is -0.138. The van der Waals surface area contributed by atoms with E-state index >= 15 is 0 Å². The Morgan fingerprint density at radius 3 is 2.52 bits per heavy atom. The Balaban J connectivity index is 1.73. The second kappa shape index (κ2) is 9.36. The van der Waals surface area contributed by atoms with E-state index in [9.17, 15) is 18.8 Å². The summed E-state index contributed by atoms with van der Waals surface area (Å²) in [4.78, 5) is 37.6. The van der Waals surface area contributed by atoms with E-state index in [4.69, 9.17) is 11.6 Å². The summed E-state index contributed by atoms with van der Waals surface area (Å²) in [6, 6.07) is 4.74. The zero-order valence-corrected chi connectivity index (χ0v) is 14.5. The van der Waals surface area contributed by atoms with Gasteiger partial charge in [0.2, 0.25) is 11.8 Å². The van der Waals surface area contributed by atoms with Crippen molar-refractivity contribution < 1.29 is 18.8 Å². The molecule has 1 aliphatic heterocycles. The predicted octanol–water partition coefficient (Wildman–Crippen LogP) is 1.29. The molecule has 3 amide bonds. The van der Waals surface area contributed by atoms with E-state index in [1.54, 1.807) is 4.90 Å². The average Bonchev–Trinajstić information content (AvgIpc) is 3.09. The van der Waals surface area contributed by atoms with Gasteiger partial charge in [0.25, 0.3) is 5.91 Å². The Labute approximate surface area is 150 Å². The number of nitrogens with zero attached hydrogens (tertiary/aromatic N) is 1. The molecule has 6 nitrogen and oxygen atoms in total. The first-order valence-corrected chi connectivity index (χ1v) is 8.73. The van der Waals surface area contributed by atoms with Crippen LogP contribution in [0.1, 0.15) is 29.6 Å². The third-order valence-corrected chi connectivity index (χ3v) is 4.19. The molecule has 2 rings (SSSR count). The highest BCUT2D eigenvalue weighted by Gasteiger charge is 2.33. The summed E-state index contributed by atoms with van der Waals surface area (Å²) in [6.07, 6.45) is 1.63. The van der Waals surface area contributed by atoms with E-state index < -0.39 is 11.9 Å². The fourth-order valence-electron chi connectivity index (χ4n) is 2.75. The molecule has 1 heterocycles. The predicted molar refractivity (Wildman–Crippen MR) is 91.8 cm³/mol. The SMILES string of the molecule is O=C(NCCNC(=O)[C@@H]1CCCN1C(=O)CCCl)c1ccc(F)cc1. The number of hydrogen-bond donors (Lipinski definition) is 2. The van der Waals surface area contributed by atoms with Crippen LogP contribution in [0.4, 0.5) is 4.39 Å². The molecule has 0 bridgehead atoms. The molecule has 0 radical (unpaired) electrons. The lowest BCUT2D eigenvalue weighted by Gasteiger charge is -2.23. The second-order valence-corrected chi connectivity index (χ2v) is 6.12. The molecular formula is C17H21ClFN3O3. The molecule has 136 valence electrons. The number of amides is 3. The molecule has 1 aromatic rings. The van der Waals surface area contributed by atoms with Crippen molar-refractivity contribution >= 4 is 29.3 Å². The number of carbonyl (C=O) groups excluding carboxylic acids is 3. The molecule has 2 N–H and O–H groups in total. The number of halogens is 2. The molecule has 1 aliphatic rings. The van der Waals surface area contributed by atoms with Crippen molar-refractivity contribution in [1.29, 1.82) is 0 Å². The van der Waals surface area contributed by atoms with Crippen LogP contribution < -0.4 is 10.6 Å². The average molecular weight is 370 g/mol. The van der Waals surface area contributed by atoms with Gasteiger partial charge in [-0.3, -0.25) is 14.4 Å². The third kappa shape index (κ3) is 5.42. The Hall–Kier alpha value is -2.15. The topological polar surface area (TPSA) is 78.5 Å². The van der Waals surface area contributed by atoms with E-state index in [2.05, 4.69) is 10.6 Å². The minimum absolute atomic E-state index is 0.114. The van der Waals surface area contributed by atoms with Crippen molar-refractivity contribution in [3.05, 3.63) is 35.6 Å². The Bertz CT molecular complexity index is 624. The number of rotatable bonds is 7. The van der Waals surface area contributed by atoms with Crippen molar-refractivity contribution in [3.8, 4) is 0 Å². The molecule has 8 heteroatoms. The van der Waals surface area contributed by atoms with Crippen molar-refractivity contribution in [1.82, 2.24) is 15.5 Å². The fourth-order valence-corrected chi connectivity index (χ4v) is 2.91. The van der Waals surface area contributed by atoms with Gasteiger partial charge in [0.15, 0.2) is 0 Å². The van der Waals surface area contributed by atoms with Gasteiger partial charge in [0.05, 0.1) is 0 Å². The maximum absolute atomic E-state index is 12.8. The van der Waals surface area contributed by atoms with Crippen LogP contribution in [-0.4, -0.2) is 54.2 Å². The summed E-state index contributed by atoms with van der Waals surface area (Å²) < 4.78 is 12.8. The quantitative estimate of drug-likeness (QED) is 0.561. The Kier molecular flexibility index (Phi) is 7.18. The summed E-state index contributed by atoms with van der Waals surface area (Å²) in [6.45, 7) is 1.05. The monoisotopic (exact) mass is 369 g/mol. The Morgan fingerprint density at radius 1 is 1.16 bits per heavy atom. The van der Waals surface area contributed by atoms with Gasteiger partial charge in [0.1, 0.15) is 11.9 Å². The van der Waals surface area contributed by atoms with Crippen LogP contribution in [-0.2, 0) is 9.59 Å². The zero-order valence-electron chi connectivity index (χ0n) is 13.8. The number of likely N-dealkylation sites (tertiary alicyclic amines) is 1. The van der Waals surface area contributed by atoms with Crippen LogP contribution in [0.3, 0.4) is 0 Å². The largest absolute Gasteiger partial charge is 0.353 e. The van der Waals surface area contributed by atoms with Crippen molar-refractivity contribution in [2.24, 2.45) is 0 Å². The summed E-state index contributed by atoms with van der Waals surface area (Å²) in [5.41, 5.74) is 0.348. The van der Waals surface area contributed by atoms with Gasteiger partial charge in [-0.1, -0.05) is 0 Å². The van der Waals surface area contributed by atoms with Gasteiger partial charge < -0.3 is 15.5 Å². The number of nitrogens with one attached hydrogen (secondary N) is 2. The maximum atomic E-state index is 12.8. The molecule has 1 fully saturated rings. The van der Waals surface area contributed by atoms with E-state index in [0.29, 0.717) is 18.5 Å². The molecule has 25 heavy (non-hydrogen) atoms. The highest BCUT2D eigenvalue weighted by molar-refractivity contribution is 6.19. The first-order valence-electron chi connectivity index (χ1n) is 8.20. The number of carbonyl (C=O) groups is 3. The summed E-state index contributed by atoms with van der Waals surface area (Å²) >= 11 is 5.58. The smallest absolute Gasteiger partial charge is 0.251 e. The molecule has 0 aliphatic carbocycles. The van der Waals surface area contributed by atoms with Gasteiger partial charge in [-0.25, -0.2) is 4.39 Å². The zero-order chi connectivity index (χ0) is 18.2. The van der Waals surface area contributed by atoms with E-state index in [1.807, 2.05) is 0 Å². The van der Waals surface area contributed by atoms with Crippen molar-refractivity contribution in [3.63, 3.8) is 0 Å². The summed E-state index contributed by atoms with van der Waals surface area (Å²) in [5.74, 6) is -0.851. The summed E-state index contributed by atoms with van der Waals surface area (Å²) in [5, 5.41) is 5.37. The fraction of sp³-hybridized carbons (Fsp3) is 0.471. The number of alkyl halides is 1. The van der Waals surface area contributed by atoms with E-state index in [0.717, 1.165) is 6.42 Å². The van der Waals surface area contributed by atoms with Crippen LogP contribution >= 0.6 is 11.6 Å². The highest BCUT2D eigenvalue weighted by atomic mass is 35.5. The van der Waals surface area contributed by atoms with Gasteiger partial charge in [0, 0.05) is 37.5 Å². The standard InChI is InChI=1S/C17H21ClFN3O3/c18-8-7-15(23)22-11-1-2-14(22)17(25)21-10-9-20-16(24)12-3-5-13(19)6-4-12/h3-6,14H,1-2,7-11H2,(H,20,24)(H,21,25)/t14-/m0/s1. The Morgan fingerprint density at radius 2 is 1.84 bits per heavy atom. The lowest BCUT2D eigenvalue weighted by atomic mass is 10.2. The third-order valence-electron chi connectivity index (χ3n) is 4.00. The van der Waals surface area contributed by atoms with E-state index in [1.165, 1.54) is 24.3 Å². The van der Waals surface area contributed by atoms with Crippen molar-refractivity contribution in [2.75, 3.05) is 25.5 Å². The van der Waals surface area contributed by atoms with Gasteiger partial charge in [-0.05, 0) is 37.1 Å². The molecule has 1 atom stereocenters. The number of hydrogen-bond acceptors (Lipinski definition) is 3. The molecular weight excluding hydrogens is 349 g/mol. The molecule has 0 saturated carbocycles. The van der Waals surface area contributed by atoms with Crippen LogP contribution in [0.15, 0.2) is 24.3 Å². The van der Waals surface area contributed by atoms with E-state index in [-0.39, 0.29) is 43.1 Å². The maximum Gasteiger partial charge on any atom is 0.251 e. The molecule has 1 saturated heterocycles. The highest BCUT2D eigenvalue weighted by Crippen LogP contribution is 2.18. The molecule has 1 aromatic carbocycles. The van der Waals surface area contributed by atoms with Gasteiger partial charge in [-0.15, -0.1) is 11.6 Å². The second-order valence-electron chi connectivity index (χ2n) is 5.74. The van der Waals surface area contributed by atoms with Crippen LogP contribution in [0.5, 0.6) is 0 Å². The minimum Gasteiger partial charge on any atom is -0.353 e. The molecule has 0 unspecified atom stereocenters. The van der Waals surface area contributed by atoms with Gasteiger partial charge >= 0.3 is 0 Å². The van der Waals surface area contributed by atoms with Gasteiger partial charge in [-0.2, -0.15) is 0 Å². The normalized spacial score (nSPS) is 16.6. The van der Waals surface area contributed by atoms with Crippen molar-refractivity contribution in [2.45, 2.75) is 25.3 Å². The van der Waals surface area contributed by atoms with Crippen LogP contribution in [0, 0.1) is 5.82 Å². The number of benzene rings is 1. The molecule has 0 aromatic heterocycles. The lowest BCUT2D eigenvalue weighted by Crippen LogP contribution is -2.47. The summed E-state index contributed by atoms with van der Waals surface area (Å²) in [7, 11) is 0. The van der Waals surface area contributed by atoms with Crippen LogP contribution in [0.25, 0.3) is 0 Å². The molecule has 0 spiro atoms.